The van der Waals surface area contributed by atoms with Crippen LogP contribution in [0.5, 0.6) is 11.5 Å². The highest BCUT2D eigenvalue weighted by atomic mass is 32.1. The Morgan fingerprint density at radius 1 is 0.895 bits per heavy atom. The lowest BCUT2D eigenvalue weighted by atomic mass is 10.2. The lowest BCUT2D eigenvalue weighted by Crippen LogP contribution is -2.34. The molecule has 0 fully saturated rings. The molecule has 0 unspecified atom stereocenters. The first kappa shape index (κ1) is 25.0. The van der Waals surface area contributed by atoms with Crippen molar-refractivity contribution in [2.45, 2.75) is 13.5 Å². The third kappa shape index (κ3) is 6.16. The normalized spacial score (nSPS) is 10.7. The van der Waals surface area contributed by atoms with E-state index in [1.54, 1.807) is 24.3 Å². The van der Waals surface area contributed by atoms with E-state index < -0.39 is 0 Å². The van der Waals surface area contributed by atoms with Gasteiger partial charge in [0.05, 0.1) is 6.61 Å². The topological polar surface area (TPSA) is 85.6 Å². The number of thiocarbonyl (C=S) groups is 1. The van der Waals surface area contributed by atoms with Crippen LogP contribution in [0, 0.1) is 0 Å². The molecule has 7 nitrogen and oxygen atoms in total. The maximum absolute atomic E-state index is 12.8. The van der Waals surface area contributed by atoms with Crippen LogP contribution >= 0.6 is 12.2 Å². The molecular weight excluding hydrogens is 498 g/mol. The van der Waals surface area contributed by atoms with E-state index in [-0.39, 0.29) is 11.0 Å². The second kappa shape index (κ2) is 11.6. The summed E-state index contributed by atoms with van der Waals surface area (Å²) in [5, 5.41) is 5.91. The summed E-state index contributed by atoms with van der Waals surface area (Å²) < 4.78 is 17.2. The average Bonchev–Trinajstić information content (AvgIpc) is 3.37. The van der Waals surface area contributed by atoms with Crippen molar-refractivity contribution in [3.8, 4) is 23.0 Å². The Hall–Kier alpha value is -4.69. The van der Waals surface area contributed by atoms with E-state index >= 15 is 0 Å². The molecular formula is C30H25N3O4S. The van der Waals surface area contributed by atoms with Gasteiger partial charge >= 0.3 is 0 Å². The molecule has 0 aliphatic rings. The van der Waals surface area contributed by atoms with E-state index in [1.807, 2.05) is 79.7 Å². The van der Waals surface area contributed by atoms with E-state index in [2.05, 4.69) is 15.6 Å². The molecule has 4 aromatic carbocycles. The van der Waals surface area contributed by atoms with Crippen molar-refractivity contribution in [3.05, 3.63) is 108 Å². The number of ether oxygens (including phenoxy) is 2. The van der Waals surface area contributed by atoms with E-state index in [4.69, 9.17) is 26.1 Å². The highest BCUT2D eigenvalue weighted by Crippen LogP contribution is 2.27. The van der Waals surface area contributed by atoms with Crippen LogP contribution in [-0.2, 0) is 6.61 Å². The zero-order chi connectivity index (χ0) is 26.3. The van der Waals surface area contributed by atoms with Gasteiger partial charge in [-0.25, -0.2) is 4.98 Å². The van der Waals surface area contributed by atoms with Gasteiger partial charge in [-0.2, -0.15) is 0 Å². The predicted octanol–water partition coefficient (Wildman–Crippen LogP) is 6.60. The molecule has 2 N–H and O–H groups in total. The summed E-state index contributed by atoms with van der Waals surface area (Å²) in [6.07, 6.45) is 0. The SMILES string of the molecule is CCOc1ccc(-c2nc3cc(NC(=S)NC(=O)c4cccc(OCc5ccccc5)c4)ccc3o2)cc1. The van der Waals surface area contributed by atoms with Gasteiger partial charge in [0.15, 0.2) is 10.7 Å². The van der Waals surface area contributed by atoms with Gasteiger partial charge in [0.1, 0.15) is 23.6 Å². The number of benzene rings is 4. The average molecular weight is 524 g/mol. The third-order valence-corrected chi connectivity index (χ3v) is 5.83. The molecule has 38 heavy (non-hydrogen) atoms. The number of fused-ring (bicyclic) bond motifs is 1. The number of nitrogens with zero attached hydrogens (tertiary/aromatic N) is 1. The molecule has 0 aliphatic carbocycles. The highest BCUT2D eigenvalue weighted by Gasteiger charge is 2.12. The Bertz CT molecular complexity index is 1570. The van der Waals surface area contributed by atoms with Crippen molar-refractivity contribution in [1.82, 2.24) is 10.3 Å². The van der Waals surface area contributed by atoms with Crippen LogP contribution in [0.15, 0.2) is 101 Å². The van der Waals surface area contributed by atoms with Crippen LogP contribution in [0.2, 0.25) is 0 Å². The number of aromatic nitrogens is 1. The van der Waals surface area contributed by atoms with Gasteiger partial charge in [-0.3, -0.25) is 10.1 Å². The van der Waals surface area contributed by atoms with Crippen molar-refractivity contribution in [1.29, 1.82) is 0 Å². The molecule has 0 radical (unpaired) electrons. The molecule has 1 aromatic heterocycles. The molecule has 0 bridgehead atoms. The molecule has 5 aromatic rings. The van der Waals surface area contributed by atoms with Crippen LogP contribution in [-0.4, -0.2) is 22.6 Å². The Morgan fingerprint density at radius 3 is 2.50 bits per heavy atom. The summed E-state index contributed by atoms with van der Waals surface area (Å²) in [7, 11) is 0. The fourth-order valence-electron chi connectivity index (χ4n) is 3.79. The van der Waals surface area contributed by atoms with Crippen LogP contribution in [0.4, 0.5) is 5.69 Å². The van der Waals surface area contributed by atoms with Crippen LogP contribution in [0.25, 0.3) is 22.6 Å². The monoisotopic (exact) mass is 523 g/mol. The fourth-order valence-corrected chi connectivity index (χ4v) is 4.01. The molecule has 0 saturated heterocycles. The van der Waals surface area contributed by atoms with Gasteiger partial charge < -0.3 is 19.2 Å². The first-order valence-corrected chi connectivity index (χ1v) is 12.5. The predicted molar refractivity (Wildman–Crippen MR) is 152 cm³/mol. The number of hydrogen-bond acceptors (Lipinski definition) is 6. The standard InChI is InChI=1S/C30H25N3O4S/c1-2-35-24-14-11-21(12-15-24)29-32-26-18-23(13-16-27(26)37-29)31-30(38)33-28(34)22-9-6-10-25(17-22)36-19-20-7-4-3-5-8-20/h3-18H,2,19H2,1H3,(H2,31,33,34,38). The first-order chi connectivity index (χ1) is 18.6. The van der Waals surface area contributed by atoms with E-state index in [9.17, 15) is 4.79 Å². The number of carbonyl (C=O) groups excluding carboxylic acids is 1. The van der Waals surface area contributed by atoms with Gasteiger partial charge in [0.25, 0.3) is 5.91 Å². The quantitative estimate of drug-likeness (QED) is 0.222. The zero-order valence-electron chi connectivity index (χ0n) is 20.6. The Morgan fingerprint density at radius 2 is 1.71 bits per heavy atom. The van der Waals surface area contributed by atoms with Gasteiger partial charge in [-0.05, 0) is 85.4 Å². The summed E-state index contributed by atoms with van der Waals surface area (Å²) >= 11 is 5.37. The van der Waals surface area contributed by atoms with E-state index in [0.717, 1.165) is 16.9 Å². The van der Waals surface area contributed by atoms with E-state index in [0.29, 0.717) is 47.2 Å². The van der Waals surface area contributed by atoms with Crippen molar-refractivity contribution in [2.24, 2.45) is 0 Å². The highest BCUT2D eigenvalue weighted by molar-refractivity contribution is 7.80. The van der Waals surface area contributed by atoms with Crippen LogP contribution in [0.1, 0.15) is 22.8 Å². The number of rotatable bonds is 8. The van der Waals surface area contributed by atoms with Crippen molar-refractivity contribution in [3.63, 3.8) is 0 Å². The second-order valence-corrected chi connectivity index (χ2v) is 8.78. The summed E-state index contributed by atoms with van der Waals surface area (Å²) in [6.45, 7) is 2.96. The second-order valence-electron chi connectivity index (χ2n) is 8.37. The number of nitrogens with one attached hydrogen (secondary N) is 2. The van der Waals surface area contributed by atoms with Crippen molar-refractivity contribution < 1.29 is 18.7 Å². The first-order valence-electron chi connectivity index (χ1n) is 12.1. The molecule has 0 saturated carbocycles. The van der Waals surface area contributed by atoms with Gasteiger partial charge in [0, 0.05) is 16.8 Å². The number of anilines is 1. The Balaban J connectivity index is 1.20. The maximum atomic E-state index is 12.8. The molecule has 190 valence electrons. The third-order valence-electron chi connectivity index (χ3n) is 5.63. The molecule has 0 aliphatic heterocycles. The lowest BCUT2D eigenvalue weighted by Gasteiger charge is -2.11. The van der Waals surface area contributed by atoms with Gasteiger partial charge in [-0.15, -0.1) is 0 Å². The molecule has 1 heterocycles. The largest absolute Gasteiger partial charge is 0.494 e. The van der Waals surface area contributed by atoms with E-state index in [1.165, 1.54) is 0 Å². The number of hydrogen-bond donors (Lipinski definition) is 2. The number of carbonyl (C=O) groups is 1. The van der Waals surface area contributed by atoms with Gasteiger partial charge in [0.2, 0.25) is 5.89 Å². The number of oxazole rings is 1. The van der Waals surface area contributed by atoms with Crippen molar-refractivity contribution in [2.75, 3.05) is 11.9 Å². The summed E-state index contributed by atoms with van der Waals surface area (Å²) in [5.41, 5.74) is 4.30. The van der Waals surface area contributed by atoms with Crippen LogP contribution < -0.4 is 20.1 Å². The number of amides is 1. The summed E-state index contributed by atoms with van der Waals surface area (Å²) in [4.78, 5) is 17.4. The lowest BCUT2D eigenvalue weighted by molar-refractivity contribution is 0.0977. The minimum Gasteiger partial charge on any atom is -0.494 e. The van der Waals surface area contributed by atoms with Crippen molar-refractivity contribution >= 4 is 40.0 Å². The summed E-state index contributed by atoms with van der Waals surface area (Å²) in [6, 6.07) is 29.8. The molecule has 8 heteroatoms. The molecule has 0 spiro atoms. The van der Waals surface area contributed by atoms with Gasteiger partial charge in [-0.1, -0.05) is 36.4 Å². The summed E-state index contributed by atoms with van der Waals surface area (Å²) in [5.74, 6) is 1.56. The Labute approximate surface area is 225 Å². The fraction of sp³-hybridized carbons (Fsp3) is 0.100. The molecule has 5 rings (SSSR count). The Kier molecular flexibility index (Phi) is 7.61. The van der Waals surface area contributed by atoms with Crippen LogP contribution in [0.3, 0.4) is 0 Å². The maximum Gasteiger partial charge on any atom is 0.257 e. The molecule has 1 amide bonds. The molecule has 0 atom stereocenters. The zero-order valence-corrected chi connectivity index (χ0v) is 21.5. The minimum absolute atomic E-state index is 0.167. The smallest absolute Gasteiger partial charge is 0.257 e. The minimum atomic E-state index is -0.340.